The van der Waals surface area contributed by atoms with E-state index in [0.29, 0.717) is 6.04 Å². The van der Waals surface area contributed by atoms with Gasteiger partial charge in [0, 0.05) is 20.3 Å². The summed E-state index contributed by atoms with van der Waals surface area (Å²) in [6.45, 7) is 7.82. The highest BCUT2D eigenvalue weighted by atomic mass is 79.9. The van der Waals surface area contributed by atoms with Gasteiger partial charge < -0.3 is 5.32 Å². The van der Waals surface area contributed by atoms with Crippen LogP contribution in [0.1, 0.15) is 74.6 Å². The predicted molar refractivity (Wildman–Crippen MR) is 91.2 cm³/mol. The fraction of sp³-hybridized carbons (Fsp3) is 0.750. The van der Waals surface area contributed by atoms with E-state index in [0.717, 1.165) is 6.54 Å². The fourth-order valence-electron chi connectivity index (χ4n) is 2.34. The van der Waals surface area contributed by atoms with Gasteiger partial charge in [0.1, 0.15) is 0 Å². The molecule has 1 aromatic heterocycles. The van der Waals surface area contributed by atoms with E-state index in [1.165, 1.54) is 59.2 Å². The maximum absolute atomic E-state index is 3.71. The molecule has 0 radical (unpaired) electrons. The van der Waals surface area contributed by atoms with Crippen LogP contribution in [-0.4, -0.2) is 6.54 Å². The van der Waals surface area contributed by atoms with Gasteiger partial charge in [-0.15, -0.1) is 11.3 Å². The summed E-state index contributed by atoms with van der Waals surface area (Å²) in [5, 5.41) is 3.71. The van der Waals surface area contributed by atoms with E-state index in [2.05, 4.69) is 48.1 Å². The summed E-state index contributed by atoms with van der Waals surface area (Å²) in [6.07, 6.45) is 9.28. The largest absolute Gasteiger partial charge is 0.309 e. The zero-order valence-electron chi connectivity index (χ0n) is 12.6. The second-order valence-electron chi connectivity index (χ2n) is 5.28. The maximum Gasteiger partial charge on any atom is 0.0426 e. The van der Waals surface area contributed by atoms with Crippen molar-refractivity contribution in [2.75, 3.05) is 6.54 Å². The zero-order chi connectivity index (χ0) is 14.1. The van der Waals surface area contributed by atoms with Crippen LogP contribution >= 0.6 is 27.3 Å². The smallest absolute Gasteiger partial charge is 0.0426 e. The average Bonchev–Trinajstić information content (AvgIpc) is 2.72. The first-order valence-electron chi connectivity index (χ1n) is 7.68. The third-order valence-corrected chi connectivity index (χ3v) is 5.47. The molecule has 1 aromatic rings. The van der Waals surface area contributed by atoms with Gasteiger partial charge >= 0.3 is 0 Å². The molecule has 0 aliphatic rings. The first-order chi connectivity index (χ1) is 9.19. The lowest BCUT2D eigenvalue weighted by Crippen LogP contribution is -2.21. The molecule has 1 N–H and O–H groups in total. The Bertz CT molecular complexity index is 349. The Morgan fingerprint density at radius 1 is 1.16 bits per heavy atom. The Morgan fingerprint density at radius 3 is 2.47 bits per heavy atom. The Balaban J connectivity index is 2.49. The standard InChI is InChI=1S/C16H28BrNS/c1-4-6-7-8-9-10-15(18-11-5-2)16-14(17)12-13(3)19-16/h12,15,18H,4-11H2,1-3H3. The highest BCUT2D eigenvalue weighted by Gasteiger charge is 2.16. The molecule has 1 unspecified atom stereocenters. The van der Waals surface area contributed by atoms with Gasteiger partial charge in [-0.2, -0.15) is 0 Å². The van der Waals surface area contributed by atoms with Crippen LogP contribution in [0, 0.1) is 6.92 Å². The van der Waals surface area contributed by atoms with Gasteiger partial charge in [0.05, 0.1) is 0 Å². The topological polar surface area (TPSA) is 12.0 Å². The quantitative estimate of drug-likeness (QED) is 0.496. The summed E-state index contributed by atoms with van der Waals surface area (Å²) < 4.78 is 1.29. The summed E-state index contributed by atoms with van der Waals surface area (Å²) in [7, 11) is 0. The summed E-state index contributed by atoms with van der Waals surface area (Å²) in [5.74, 6) is 0. The number of rotatable bonds is 10. The number of aryl methyl sites for hydroxylation is 1. The van der Waals surface area contributed by atoms with Crippen LogP contribution in [0.2, 0.25) is 0 Å². The number of nitrogens with one attached hydrogen (secondary N) is 1. The molecule has 0 amide bonds. The minimum atomic E-state index is 0.537. The van der Waals surface area contributed by atoms with Crippen molar-refractivity contribution in [2.45, 2.75) is 71.8 Å². The Morgan fingerprint density at radius 2 is 1.89 bits per heavy atom. The van der Waals surface area contributed by atoms with Gasteiger partial charge in [0.2, 0.25) is 0 Å². The molecule has 0 spiro atoms. The Labute approximate surface area is 131 Å². The molecule has 3 heteroatoms. The molecule has 1 rings (SSSR count). The van der Waals surface area contributed by atoms with E-state index in [1.807, 2.05) is 11.3 Å². The molecule has 0 aliphatic heterocycles. The summed E-state index contributed by atoms with van der Waals surface area (Å²) in [5.41, 5.74) is 0. The van der Waals surface area contributed by atoms with Gasteiger partial charge in [-0.3, -0.25) is 0 Å². The minimum Gasteiger partial charge on any atom is -0.309 e. The maximum atomic E-state index is 3.71. The highest BCUT2D eigenvalue weighted by molar-refractivity contribution is 9.10. The van der Waals surface area contributed by atoms with Gasteiger partial charge in [-0.05, 0) is 48.3 Å². The second-order valence-corrected chi connectivity index (χ2v) is 7.42. The van der Waals surface area contributed by atoms with Crippen molar-refractivity contribution in [1.82, 2.24) is 5.32 Å². The van der Waals surface area contributed by atoms with Crippen LogP contribution in [0.5, 0.6) is 0 Å². The van der Waals surface area contributed by atoms with Gasteiger partial charge in [-0.1, -0.05) is 46.0 Å². The average molecular weight is 346 g/mol. The van der Waals surface area contributed by atoms with Crippen molar-refractivity contribution in [2.24, 2.45) is 0 Å². The molecular weight excluding hydrogens is 318 g/mol. The van der Waals surface area contributed by atoms with Gasteiger partial charge in [-0.25, -0.2) is 0 Å². The summed E-state index contributed by atoms with van der Waals surface area (Å²) in [6, 6.07) is 2.78. The monoisotopic (exact) mass is 345 g/mol. The van der Waals surface area contributed by atoms with Crippen molar-refractivity contribution < 1.29 is 0 Å². The molecule has 110 valence electrons. The Hall–Kier alpha value is 0.140. The van der Waals surface area contributed by atoms with E-state index in [4.69, 9.17) is 0 Å². The zero-order valence-corrected chi connectivity index (χ0v) is 15.0. The molecule has 0 aromatic carbocycles. The lowest BCUT2D eigenvalue weighted by molar-refractivity contribution is 0.472. The highest BCUT2D eigenvalue weighted by Crippen LogP contribution is 2.34. The molecule has 0 saturated carbocycles. The Kier molecular flexibility index (Phi) is 9.01. The van der Waals surface area contributed by atoms with Gasteiger partial charge in [0.15, 0.2) is 0 Å². The van der Waals surface area contributed by atoms with E-state index < -0.39 is 0 Å². The predicted octanol–water partition coefficient (Wildman–Crippen LogP) is 6.22. The van der Waals surface area contributed by atoms with Crippen LogP contribution in [0.4, 0.5) is 0 Å². The lowest BCUT2D eigenvalue weighted by atomic mass is 10.0. The van der Waals surface area contributed by atoms with E-state index in [1.54, 1.807) is 0 Å². The normalized spacial score (nSPS) is 12.8. The minimum absolute atomic E-state index is 0.537. The number of halogens is 1. The number of hydrogen-bond acceptors (Lipinski definition) is 2. The fourth-order valence-corrected chi connectivity index (χ4v) is 4.37. The third kappa shape index (κ3) is 6.42. The first-order valence-corrected chi connectivity index (χ1v) is 9.29. The van der Waals surface area contributed by atoms with E-state index in [9.17, 15) is 0 Å². The third-order valence-electron chi connectivity index (χ3n) is 3.39. The molecule has 19 heavy (non-hydrogen) atoms. The van der Waals surface area contributed by atoms with Crippen molar-refractivity contribution in [3.05, 3.63) is 20.3 Å². The van der Waals surface area contributed by atoms with Crippen LogP contribution < -0.4 is 5.32 Å². The molecule has 1 atom stereocenters. The first kappa shape index (κ1) is 17.2. The number of thiophene rings is 1. The molecule has 0 saturated heterocycles. The number of hydrogen-bond donors (Lipinski definition) is 1. The molecule has 0 bridgehead atoms. The van der Waals surface area contributed by atoms with Crippen molar-refractivity contribution in [1.29, 1.82) is 0 Å². The van der Waals surface area contributed by atoms with Gasteiger partial charge in [0.25, 0.3) is 0 Å². The van der Waals surface area contributed by atoms with Crippen LogP contribution in [0.3, 0.4) is 0 Å². The van der Waals surface area contributed by atoms with Crippen LogP contribution in [0.15, 0.2) is 10.5 Å². The molecular formula is C16H28BrNS. The van der Waals surface area contributed by atoms with Crippen molar-refractivity contribution in [3.63, 3.8) is 0 Å². The number of unbranched alkanes of at least 4 members (excludes halogenated alkanes) is 4. The molecule has 1 nitrogen and oxygen atoms in total. The van der Waals surface area contributed by atoms with Crippen LogP contribution in [0.25, 0.3) is 0 Å². The molecule has 1 heterocycles. The molecule has 0 fully saturated rings. The molecule has 0 aliphatic carbocycles. The van der Waals surface area contributed by atoms with Crippen molar-refractivity contribution in [3.8, 4) is 0 Å². The SMILES string of the molecule is CCCCCCCC(NCCC)c1sc(C)cc1Br. The second kappa shape index (κ2) is 9.95. The van der Waals surface area contributed by atoms with Crippen LogP contribution in [-0.2, 0) is 0 Å². The van der Waals surface area contributed by atoms with Crippen molar-refractivity contribution >= 4 is 27.3 Å². The lowest BCUT2D eigenvalue weighted by Gasteiger charge is -2.18. The summed E-state index contributed by atoms with van der Waals surface area (Å²) in [4.78, 5) is 2.89. The summed E-state index contributed by atoms with van der Waals surface area (Å²) >= 11 is 5.65. The van der Waals surface area contributed by atoms with E-state index in [-0.39, 0.29) is 0 Å². The van der Waals surface area contributed by atoms with E-state index >= 15 is 0 Å².